The number of aromatic amines is 1. The molecule has 5 heterocycles. The molecule has 0 aromatic carbocycles. The number of carbonyl (C=O) groups excluding carboxylic acids is 1. The lowest BCUT2D eigenvalue weighted by atomic mass is 10.0. The van der Waals surface area contributed by atoms with Crippen LogP contribution in [-0.4, -0.2) is 56.5 Å². The van der Waals surface area contributed by atoms with Crippen LogP contribution in [0.4, 0.5) is 5.82 Å². The summed E-state index contributed by atoms with van der Waals surface area (Å²) in [4.78, 5) is 32.1. The number of nitrogens with one attached hydrogen (secondary N) is 2. The van der Waals surface area contributed by atoms with Crippen molar-refractivity contribution in [3.05, 3.63) is 34.5 Å². The van der Waals surface area contributed by atoms with Gasteiger partial charge in [-0.1, -0.05) is 0 Å². The van der Waals surface area contributed by atoms with Crippen molar-refractivity contribution in [3.63, 3.8) is 0 Å². The molecule has 146 valence electrons. The van der Waals surface area contributed by atoms with Crippen LogP contribution in [0.2, 0.25) is 0 Å². The number of imidazole rings is 1. The quantitative estimate of drug-likeness (QED) is 0.700. The number of nitrogens with zero attached hydrogens (tertiary/aromatic N) is 4. The maximum atomic E-state index is 13.0. The van der Waals surface area contributed by atoms with Crippen molar-refractivity contribution < 1.29 is 9.53 Å². The van der Waals surface area contributed by atoms with Gasteiger partial charge in [0.15, 0.2) is 11.5 Å². The van der Waals surface area contributed by atoms with Gasteiger partial charge in [-0.3, -0.25) is 4.79 Å². The van der Waals surface area contributed by atoms with E-state index in [1.807, 2.05) is 4.90 Å². The number of H-pyrrole nitrogens is 1. The number of anilines is 1. The largest absolute Gasteiger partial charge is 0.376 e. The molecule has 1 fully saturated rings. The number of rotatable bonds is 4. The van der Waals surface area contributed by atoms with Crippen molar-refractivity contribution in [2.24, 2.45) is 5.92 Å². The van der Waals surface area contributed by atoms with Crippen LogP contribution in [-0.2, 0) is 22.5 Å². The highest BCUT2D eigenvalue weighted by Crippen LogP contribution is 2.28. The number of carbonyl (C=O) groups is 1. The second-order valence-corrected chi connectivity index (χ2v) is 8.33. The third kappa shape index (κ3) is 3.35. The molecule has 9 heteroatoms. The minimum absolute atomic E-state index is 0.00873. The lowest BCUT2D eigenvalue weighted by Gasteiger charge is -2.23. The van der Waals surface area contributed by atoms with Crippen LogP contribution in [0.15, 0.2) is 24.1 Å². The van der Waals surface area contributed by atoms with Gasteiger partial charge in [-0.2, -0.15) is 0 Å². The first-order valence-corrected chi connectivity index (χ1v) is 10.5. The maximum Gasteiger partial charge on any atom is 0.228 e. The van der Waals surface area contributed by atoms with Crippen LogP contribution >= 0.6 is 11.3 Å². The summed E-state index contributed by atoms with van der Waals surface area (Å²) in [5.74, 6) is 0.863. The predicted molar refractivity (Wildman–Crippen MR) is 106 cm³/mol. The SMILES string of the molecule is O=C([C@@H]1CO[C@H](CNc2ncnc3nc[nH]c23)C1)N1CCCc2sccc2C1. The number of fused-ring (bicyclic) bond motifs is 2. The van der Waals surface area contributed by atoms with Crippen molar-refractivity contribution in [1.82, 2.24) is 24.8 Å². The Morgan fingerprint density at radius 3 is 3.32 bits per heavy atom. The molecule has 2 N–H and O–H groups in total. The van der Waals surface area contributed by atoms with Gasteiger partial charge >= 0.3 is 0 Å². The van der Waals surface area contributed by atoms with Gasteiger partial charge in [0.1, 0.15) is 11.8 Å². The first-order chi connectivity index (χ1) is 13.8. The second kappa shape index (κ2) is 7.48. The molecule has 8 nitrogen and oxygen atoms in total. The van der Waals surface area contributed by atoms with E-state index in [-0.39, 0.29) is 17.9 Å². The normalized spacial score (nSPS) is 22.2. The summed E-state index contributed by atoms with van der Waals surface area (Å²) >= 11 is 1.80. The monoisotopic (exact) mass is 398 g/mol. The Kier molecular flexibility index (Phi) is 4.69. The van der Waals surface area contributed by atoms with Gasteiger partial charge in [0, 0.05) is 24.5 Å². The fourth-order valence-electron chi connectivity index (χ4n) is 4.02. The van der Waals surface area contributed by atoms with E-state index in [2.05, 4.69) is 36.7 Å². The van der Waals surface area contributed by atoms with Gasteiger partial charge in [0.25, 0.3) is 0 Å². The number of hydrogen-bond donors (Lipinski definition) is 2. The van der Waals surface area contributed by atoms with Crippen molar-refractivity contribution in [2.45, 2.75) is 31.9 Å². The molecule has 0 unspecified atom stereocenters. The van der Waals surface area contributed by atoms with Crippen LogP contribution in [0.1, 0.15) is 23.3 Å². The fraction of sp³-hybridized carbons (Fsp3) is 0.474. The standard InChI is InChI=1S/C19H22N6O2S/c26-19(25-4-1-2-15-12(8-25)3-5-28-15)13-6-14(27-9-13)7-20-17-16-18(22-10-21-16)24-11-23-17/h3,5,10-11,13-14H,1-2,4,6-9H2,(H2,20,21,22,23,24)/t13-,14-/m0/s1. The van der Waals surface area contributed by atoms with Gasteiger partial charge in [-0.25, -0.2) is 15.0 Å². The van der Waals surface area contributed by atoms with E-state index < -0.39 is 0 Å². The number of aromatic nitrogens is 4. The molecular formula is C19H22N6O2S. The van der Waals surface area contributed by atoms with Crippen molar-refractivity contribution >= 4 is 34.2 Å². The van der Waals surface area contributed by atoms with Crippen LogP contribution in [0, 0.1) is 5.92 Å². The summed E-state index contributed by atoms with van der Waals surface area (Å²) in [7, 11) is 0. The molecule has 1 saturated heterocycles. The molecule has 0 aliphatic carbocycles. The summed E-state index contributed by atoms with van der Waals surface area (Å²) in [5, 5.41) is 5.43. The molecule has 3 aromatic heterocycles. The topological polar surface area (TPSA) is 96.0 Å². The van der Waals surface area contributed by atoms with Gasteiger partial charge < -0.3 is 19.9 Å². The molecule has 3 aromatic rings. The number of thiophene rings is 1. The fourth-order valence-corrected chi connectivity index (χ4v) is 4.96. The predicted octanol–water partition coefficient (Wildman–Crippen LogP) is 2.21. The molecule has 0 saturated carbocycles. The smallest absolute Gasteiger partial charge is 0.228 e. The zero-order valence-corrected chi connectivity index (χ0v) is 16.2. The number of amides is 1. The Morgan fingerprint density at radius 1 is 1.39 bits per heavy atom. The molecule has 2 aliphatic rings. The van der Waals surface area contributed by atoms with E-state index in [1.54, 1.807) is 17.7 Å². The number of hydrogen-bond acceptors (Lipinski definition) is 7. The third-order valence-corrected chi connectivity index (χ3v) is 6.52. The Morgan fingerprint density at radius 2 is 2.36 bits per heavy atom. The summed E-state index contributed by atoms with van der Waals surface area (Å²) in [5.41, 5.74) is 2.72. The lowest BCUT2D eigenvalue weighted by molar-refractivity contribution is -0.136. The molecule has 0 spiro atoms. The zero-order chi connectivity index (χ0) is 18.9. The van der Waals surface area contributed by atoms with E-state index in [0.717, 1.165) is 37.9 Å². The maximum absolute atomic E-state index is 13.0. The Labute approximate surface area is 166 Å². The van der Waals surface area contributed by atoms with Crippen LogP contribution < -0.4 is 5.32 Å². The molecule has 5 rings (SSSR count). The van der Waals surface area contributed by atoms with E-state index in [0.29, 0.717) is 24.6 Å². The molecule has 2 atom stereocenters. The minimum atomic E-state index is -0.0652. The second-order valence-electron chi connectivity index (χ2n) is 7.32. The zero-order valence-electron chi connectivity index (χ0n) is 15.4. The Hall–Kier alpha value is -2.52. The van der Waals surface area contributed by atoms with Crippen molar-refractivity contribution in [2.75, 3.05) is 25.0 Å². The lowest BCUT2D eigenvalue weighted by Crippen LogP contribution is -2.36. The van der Waals surface area contributed by atoms with Crippen molar-refractivity contribution in [3.8, 4) is 0 Å². The first kappa shape index (κ1) is 17.6. The van der Waals surface area contributed by atoms with Crippen molar-refractivity contribution in [1.29, 1.82) is 0 Å². The Balaban J connectivity index is 1.19. The van der Waals surface area contributed by atoms with E-state index >= 15 is 0 Å². The van der Waals surface area contributed by atoms with Gasteiger partial charge in [-0.15, -0.1) is 11.3 Å². The minimum Gasteiger partial charge on any atom is -0.376 e. The Bertz CT molecular complexity index is 986. The van der Waals surface area contributed by atoms with E-state index in [4.69, 9.17) is 4.74 Å². The molecule has 0 radical (unpaired) electrons. The van der Waals surface area contributed by atoms with Gasteiger partial charge in [0.2, 0.25) is 5.91 Å². The molecule has 1 amide bonds. The van der Waals surface area contributed by atoms with Crippen LogP contribution in [0.5, 0.6) is 0 Å². The summed E-state index contributed by atoms with van der Waals surface area (Å²) in [6.07, 6.45) is 5.93. The van der Waals surface area contributed by atoms with Gasteiger partial charge in [-0.05, 0) is 36.3 Å². The summed E-state index contributed by atoms with van der Waals surface area (Å²) in [6.45, 7) is 2.65. The van der Waals surface area contributed by atoms with Crippen LogP contribution in [0.3, 0.4) is 0 Å². The highest BCUT2D eigenvalue weighted by molar-refractivity contribution is 7.10. The molecule has 2 aliphatic heterocycles. The molecule has 28 heavy (non-hydrogen) atoms. The van der Waals surface area contributed by atoms with E-state index in [1.165, 1.54) is 16.8 Å². The first-order valence-electron chi connectivity index (χ1n) is 9.61. The average Bonchev–Trinajstić information content (AvgIpc) is 3.44. The highest BCUT2D eigenvalue weighted by atomic mass is 32.1. The number of aryl methyl sites for hydroxylation is 1. The molecular weight excluding hydrogens is 376 g/mol. The summed E-state index contributed by atoms with van der Waals surface area (Å²) in [6, 6.07) is 2.15. The van der Waals surface area contributed by atoms with E-state index in [9.17, 15) is 4.79 Å². The third-order valence-electron chi connectivity index (χ3n) is 5.49. The molecule has 0 bridgehead atoms. The van der Waals surface area contributed by atoms with Gasteiger partial charge in [0.05, 0.1) is 25.0 Å². The average molecular weight is 398 g/mol. The highest BCUT2D eigenvalue weighted by Gasteiger charge is 2.34. The summed E-state index contributed by atoms with van der Waals surface area (Å²) < 4.78 is 5.90. The number of ether oxygens (including phenoxy) is 1. The van der Waals surface area contributed by atoms with Crippen LogP contribution in [0.25, 0.3) is 11.2 Å².